The minimum absolute atomic E-state index is 0.0895. The molecule has 0 unspecified atom stereocenters. The molecular weight excluding hydrogens is 276 g/mol. The van der Waals surface area contributed by atoms with E-state index in [1.807, 2.05) is 0 Å². The lowest BCUT2D eigenvalue weighted by atomic mass is 10.1. The lowest BCUT2D eigenvalue weighted by molar-refractivity contribution is -0.195. The summed E-state index contributed by atoms with van der Waals surface area (Å²) in [6.45, 7) is -1.22. The zero-order valence-electron chi connectivity index (χ0n) is 10.0. The van der Waals surface area contributed by atoms with E-state index in [0.717, 1.165) is 10.9 Å². The molecule has 1 aliphatic rings. The van der Waals surface area contributed by atoms with Gasteiger partial charge in [0, 0.05) is 0 Å². The summed E-state index contributed by atoms with van der Waals surface area (Å²) in [7, 11) is 0. The predicted molar refractivity (Wildman–Crippen MR) is 61.7 cm³/mol. The number of nitrogen functional groups attached to an aromatic ring is 1. The van der Waals surface area contributed by atoms with Gasteiger partial charge in [-0.25, -0.2) is 23.7 Å². The molecule has 0 amide bonds. The first-order valence-corrected chi connectivity index (χ1v) is 5.70. The van der Waals surface area contributed by atoms with Gasteiger partial charge in [-0.05, 0) is 0 Å². The average molecular weight is 287 g/mol. The first-order chi connectivity index (χ1) is 9.48. The minimum atomic E-state index is -2.97. The summed E-state index contributed by atoms with van der Waals surface area (Å²) in [5, 5.41) is 18.6. The zero-order chi connectivity index (χ0) is 14.5. The van der Waals surface area contributed by atoms with Gasteiger partial charge in [0.05, 0.1) is 6.33 Å². The molecule has 4 N–H and O–H groups in total. The normalized spacial score (nSPS) is 33.9. The second-order valence-corrected chi connectivity index (χ2v) is 4.43. The molecule has 3 heterocycles. The van der Waals surface area contributed by atoms with E-state index in [9.17, 15) is 13.9 Å². The number of nitrogens with zero attached hydrogens (tertiary/aromatic N) is 4. The van der Waals surface area contributed by atoms with Crippen LogP contribution in [0.5, 0.6) is 0 Å². The fourth-order valence-electron chi connectivity index (χ4n) is 2.14. The predicted octanol–water partition coefficient (Wildman–Crippen LogP) is -0.706. The molecule has 2 aromatic heterocycles. The maximum absolute atomic E-state index is 13.9. The monoisotopic (exact) mass is 287 g/mol. The van der Waals surface area contributed by atoms with Gasteiger partial charge in [0.15, 0.2) is 23.9 Å². The van der Waals surface area contributed by atoms with Crippen LogP contribution in [-0.4, -0.2) is 54.5 Å². The minimum Gasteiger partial charge on any atom is -0.390 e. The van der Waals surface area contributed by atoms with Gasteiger partial charge in [0.1, 0.15) is 24.6 Å². The largest absolute Gasteiger partial charge is 0.390 e. The van der Waals surface area contributed by atoms with Crippen molar-refractivity contribution in [2.45, 2.75) is 24.4 Å². The van der Waals surface area contributed by atoms with Crippen molar-refractivity contribution in [1.29, 1.82) is 0 Å². The Bertz CT molecular complexity index is 653. The van der Waals surface area contributed by atoms with Gasteiger partial charge >= 0.3 is 0 Å². The highest BCUT2D eigenvalue weighted by molar-refractivity contribution is 5.81. The highest BCUT2D eigenvalue weighted by Gasteiger charge is 2.57. The number of hydrogen-bond donors (Lipinski definition) is 3. The number of nitrogens with two attached hydrogens (primary N) is 1. The molecule has 0 aliphatic carbocycles. The second kappa shape index (κ2) is 4.30. The van der Waals surface area contributed by atoms with Crippen molar-refractivity contribution >= 4 is 17.0 Å². The van der Waals surface area contributed by atoms with E-state index in [2.05, 4.69) is 15.0 Å². The molecule has 1 saturated heterocycles. The number of aromatic nitrogens is 4. The van der Waals surface area contributed by atoms with Crippen LogP contribution in [0, 0.1) is 0 Å². The topological polar surface area (TPSA) is 119 Å². The molecule has 10 heteroatoms. The van der Waals surface area contributed by atoms with Crippen molar-refractivity contribution in [2.75, 3.05) is 12.3 Å². The first-order valence-electron chi connectivity index (χ1n) is 5.70. The van der Waals surface area contributed by atoms with Gasteiger partial charge in [0.25, 0.3) is 5.85 Å². The van der Waals surface area contributed by atoms with Gasteiger partial charge in [-0.2, -0.15) is 0 Å². The Kier molecular flexibility index (Phi) is 2.81. The molecular formula is C10H11F2N5O3. The van der Waals surface area contributed by atoms with Crippen LogP contribution in [0.3, 0.4) is 0 Å². The summed E-state index contributed by atoms with van der Waals surface area (Å²) < 4.78 is 33.5. The summed E-state index contributed by atoms with van der Waals surface area (Å²) in [6.07, 6.45) is -3.30. The van der Waals surface area contributed by atoms with Crippen LogP contribution >= 0.6 is 0 Å². The van der Waals surface area contributed by atoms with Gasteiger partial charge in [-0.1, -0.05) is 0 Å². The molecule has 3 rings (SSSR count). The fourth-order valence-corrected chi connectivity index (χ4v) is 2.14. The SMILES string of the molecule is Nc1ncnc2c1ncn2[C@@H]1O[C@@](F)(CO)[C@H](F)[C@H]1O. The van der Waals surface area contributed by atoms with Crippen LogP contribution in [0.1, 0.15) is 6.23 Å². The number of alkyl halides is 2. The van der Waals surface area contributed by atoms with Crippen LogP contribution in [0.2, 0.25) is 0 Å². The van der Waals surface area contributed by atoms with E-state index in [1.54, 1.807) is 0 Å². The lowest BCUT2D eigenvalue weighted by Crippen LogP contribution is -2.39. The molecule has 20 heavy (non-hydrogen) atoms. The molecule has 8 nitrogen and oxygen atoms in total. The first kappa shape index (κ1) is 13.1. The van der Waals surface area contributed by atoms with Crippen molar-refractivity contribution in [3.63, 3.8) is 0 Å². The van der Waals surface area contributed by atoms with Gasteiger partial charge in [-0.15, -0.1) is 0 Å². The van der Waals surface area contributed by atoms with Crippen LogP contribution in [0.4, 0.5) is 14.6 Å². The van der Waals surface area contributed by atoms with E-state index in [4.69, 9.17) is 15.6 Å². The molecule has 0 saturated carbocycles. The Labute approximate surface area is 110 Å². The molecule has 0 radical (unpaired) electrons. The van der Waals surface area contributed by atoms with Crippen molar-refractivity contribution in [3.8, 4) is 0 Å². The maximum Gasteiger partial charge on any atom is 0.268 e. The number of aliphatic hydroxyl groups excluding tert-OH is 2. The van der Waals surface area contributed by atoms with Gasteiger partial charge < -0.3 is 20.7 Å². The van der Waals surface area contributed by atoms with E-state index >= 15 is 0 Å². The van der Waals surface area contributed by atoms with Crippen LogP contribution in [0.25, 0.3) is 11.2 Å². The molecule has 4 atom stereocenters. The van der Waals surface area contributed by atoms with Crippen molar-refractivity contribution in [2.24, 2.45) is 0 Å². The fraction of sp³-hybridized carbons (Fsp3) is 0.500. The number of anilines is 1. The summed E-state index contributed by atoms with van der Waals surface area (Å²) in [5.41, 5.74) is 5.98. The third-order valence-electron chi connectivity index (χ3n) is 3.20. The van der Waals surface area contributed by atoms with Gasteiger partial charge in [0.2, 0.25) is 0 Å². The highest BCUT2D eigenvalue weighted by Crippen LogP contribution is 2.40. The van der Waals surface area contributed by atoms with Crippen LogP contribution in [-0.2, 0) is 4.74 Å². The quantitative estimate of drug-likeness (QED) is 0.667. The van der Waals surface area contributed by atoms with Crippen LogP contribution in [0.15, 0.2) is 12.7 Å². The van der Waals surface area contributed by atoms with Crippen molar-refractivity contribution in [1.82, 2.24) is 19.5 Å². The number of hydrogen-bond acceptors (Lipinski definition) is 7. The van der Waals surface area contributed by atoms with Crippen molar-refractivity contribution in [3.05, 3.63) is 12.7 Å². The Morgan fingerprint density at radius 2 is 2.20 bits per heavy atom. The molecule has 1 fully saturated rings. The van der Waals surface area contributed by atoms with Crippen LogP contribution < -0.4 is 5.73 Å². The number of halogens is 2. The van der Waals surface area contributed by atoms with Gasteiger partial charge in [-0.3, -0.25) is 4.57 Å². The van der Waals surface area contributed by atoms with Crippen molar-refractivity contribution < 1.29 is 23.7 Å². The Morgan fingerprint density at radius 3 is 2.85 bits per heavy atom. The van der Waals surface area contributed by atoms with E-state index < -0.39 is 31.0 Å². The van der Waals surface area contributed by atoms with E-state index in [-0.39, 0.29) is 17.0 Å². The average Bonchev–Trinajstić information content (AvgIpc) is 2.96. The lowest BCUT2D eigenvalue weighted by Gasteiger charge is -2.18. The summed E-state index contributed by atoms with van der Waals surface area (Å²) in [4.78, 5) is 11.5. The Morgan fingerprint density at radius 1 is 1.45 bits per heavy atom. The third-order valence-corrected chi connectivity index (χ3v) is 3.20. The number of aliphatic hydroxyl groups is 2. The number of ether oxygens (including phenoxy) is 1. The standard InChI is InChI=1S/C10H11F2N5O3/c11-6-5(19)9(20-10(6,12)1-18)17-3-16-4-7(13)14-2-15-8(4)17/h2-3,5-6,9,18-19H,1H2,(H2,13,14,15)/t5-,6-,9-,10+/m1/s1. The smallest absolute Gasteiger partial charge is 0.268 e. The Hall–Kier alpha value is -1.91. The molecule has 1 aliphatic heterocycles. The molecule has 0 aromatic carbocycles. The number of rotatable bonds is 2. The van der Waals surface area contributed by atoms with E-state index in [0.29, 0.717) is 0 Å². The maximum atomic E-state index is 13.9. The second-order valence-electron chi connectivity index (χ2n) is 4.43. The highest BCUT2D eigenvalue weighted by atomic mass is 19.2. The molecule has 0 spiro atoms. The van der Waals surface area contributed by atoms with E-state index in [1.165, 1.54) is 6.33 Å². The summed E-state index contributed by atoms with van der Waals surface area (Å²) in [6, 6.07) is 0. The molecule has 0 bridgehead atoms. The summed E-state index contributed by atoms with van der Waals surface area (Å²) >= 11 is 0. The molecule has 2 aromatic rings. The summed E-state index contributed by atoms with van der Waals surface area (Å²) in [5.74, 6) is -2.88. The zero-order valence-corrected chi connectivity index (χ0v) is 10.0. The number of imidazole rings is 1. The third kappa shape index (κ3) is 1.65. The molecule has 108 valence electrons. The number of fused-ring (bicyclic) bond motifs is 1. The Balaban J connectivity index is 2.06.